The van der Waals surface area contributed by atoms with Crippen LogP contribution >= 0.6 is 23.2 Å². The summed E-state index contributed by atoms with van der Waals surface area (Å²) in [6, 6.07) is 19.3. The zero-order chi connectivity index (χ0) is 26.3. The van der Waals surface area contributed by atoms with Gasteiger partial charge in [0.05, 0.1) is 22.4 Å². The second-order valence-corrected chi connectivity index (χ2v) is 9.60. The van der Waals surface area contributed by atoms with Gasteiger partial charge in [0.25, 0.3) is 5.56 Å². The second-order valence-electron chi connectivity index (χ2n) is 8.76. The number of fused-ring (bicyclic) bond motifs is 2. The van der Waals surface area contributed by atoms with E-state index >= 15 is 0 Å². The van der Waals surface area contributed by atoms with Gasteiger partial charge in [0.1, 0.15) is 5.69 Å². The normalized spacial score (nSPS) is 11.1. The summed E-state index contributed by atoms with van der Waals surface area (Å²) in [6.07, 6.45) is 1.70. The third-order valence-corrected chi connectivity index (χ3v) is 6.79. The quantitative estimate of drug-likeness (QED) is 0.268. The fraction of sp³-hybridized carbons (Fsp3) is 0.107. The molecule has 37 heavy (non-hydrogen) atoms. The Kier molecular flexibility index (Phi) is 6.50. The van der Waals surface area contributed by atoms with E-state index in [1.165, 1.54) is 4.57 Å². The van der Waals surface area contributed by atoms with Crippen LogP contribution in [0, 0.1) is 0 Å². The highest BCUT2D eigenvalue weighted by atomic mass is 35.5. The van der Waals surface area contributed by atoms with Crippen LogP contribution in [0.25, 0.3) is 32.9 Å². The molecule has 186 valence electrons. The maximum absolute atomic E-state index is 13.6. The van der Waals surface area contributed by atoms with Crippen molar-refractivity contribution in [3.05, 3.63) is 93.3 Å². The molecule has 0 atom stereocenters. The summed E-state index contributed by atoms with van der Waals surface area (Å²) in [5.74, 6) is 0. The smallest absolute Gasteiger partial charge is 0.323 e. The highest BCUT2D eigenvalue weighted by Crippen LogP contribution is 2.38. The van der Waals surface area contributed by atoms with Crippen molar-refractivity contribution in [2.24, 2.45) is 7.05 Å². The maximum atomic E-state index is 13.6. The lowest BCUT2D eigenvalue weighted by molar-refractivity contribution is 0.262. The molecule has 9 heteroatoms. The Bertz CT molecular complexity index is 1750. The summed E-state index contributed by atoms with van der Waals surface area (Å²) in [7, 11) is 5.43. The maximum Gasteiger partial charge on any atom is 0.323 e. The average molecular weight is 532 g/mol. The fourth-order valence-electron chi connectivity index (χ4n) is 4.48. The Balaban J connectivity index is 1.68. The molecule has 0 saturated carbocycles. The van der Waals surface area contributed by atoms with Crippen LogP contribution in [-0.4, -0.2) is 29.7 Å². The lowest BCUT2D eigenvalue weighted by Gasteiger charge is -2.21. The van der Waals surface area contributed by atoms with E-state index in [1.54, 1.807) is 49.6 Å². The number of hydrogen-bond acceptors (Lipinski definition) is 4. The van der Waals surface area contributed by atoms with Crippen molar-refractivity contribution in [1.82, 2.24) is 9.55 Å². The number of nitrogens with zero attached hydrogens (tertiary/aromatic N) is 3. The third-order valence-electron chi connectivity index (χ3n) is 6.22. The summed E-state index contributed by atoms with van der Waals surface area (Å²) in [5, 5.41) is 8.14. The molecule has 5 aromatic rings. The van der Waals surface area contributed by atoms with Gasteiger partial charge in [-0.3, -0.25) is 9.78 Å². The number of halogens is 2. The minimum absolute atomic E-state index is 0.0904. The molecule has 0 radical (unpaired) electrons. The van der Waals surface area contributed by atoms with Gasteiger partial charge in [0.2, 0.25) is 0 Å². The number of anilines is 3. The SMILES string of the molecule is CN(C)c1ccc2ncccc2c1NC(=O)Nc1c(-c2ccccc2Cl)c2cc(Cl)ccc2n(C)c1=O. The molecule has 0 aliphatic carbocycles. The number of urea groups is 1. The van der Waals surface area contributed by atoms with Crippen LogP contribution in [0.1, 0.15) is 0 Å². The van der Waals surface area contributed by atoms with E-state index in [1.807, 2.05) is 49.3 Å². The first-order valence-corrected chi connectivity index (χ1v) is 12.2. The first kappa shape index (κ1) is 24.6. The number of carbonyl (C=O) groups excluding carboxylic acids is 1. The predicted octanol–water partition coefficient (Wildman–Crippen LogP) is 6.77. The summed E-state index contributed by atoms with van der Waals surface area (Å²) in [4.78, 5) is 33.3. The molecule has 0 spiro atoms. The van der Waals surface area contributed by atoms with Crippen molar-refractivity contribution >= 4 is 68.1 Å². The van der Waals surface area contributed by atoms with Gasteiger partial charge in [-0.05, 0) is 48.5 Å². The van der Waals surface area contributed by atoms with Crippen LogP contribution in [-0.2, 0) is 7.05 Å². The lowest BCUT2D eigenvalue weighted by Crippen LogP contribution is -2.29. The number of pyridine rings is 2. The first-order valence-electron chi connectivity index (χ1n) is 11.5. The topological polar surface area (TPSA) is 79.3 Å². The minimum Gasteiger partial charge on any atom is -0.376 e. The van der Waals surface area contributed by atoms with Crippen molar-refractivity contribution < 1.29 is 4.79 Å². The number of benzene rings is 3. The minimum atomic E-state index is -0.578. The fourth-order valence-corrected chi connectivity index (χ4v) is 4.88. The Morgan fingerprint density at radius 3 is 2.43 bits per heavy atom. The molecule has 0 saturated heterocycles. The Hall–Kier alpha value is -4.07. The van der Waals surface area contributed by atoms with Crippen molar-refractivity contribution in [3.63, 3.8) is 0 Å². The van der Waals surface area contributed by atoms with E-state index in [-0.39, 0.29) is 11.2 Å². The third kappa shape index (κ3) is 4.48. The van der Waals surface area contributed by atoms with Gasteiger partial charge in [0, 0.05) is 59.3 Å². The van der Waals surface area contributed by atoms with Crippen molar-refractivity contribution in [3.8, 4) is 11.1 Å². The lowest BCUT2D eigenvalue weighted by atomic mass is 9.99. The number of amides is 2. The van der Waals surface area contributed by atoms with Gasteiger partial charge in [-0.15, -0.1) is 0 Å². The molecule has 5 rings (SSSR count). The van der Waals surface area contributed by atoms with Crippen molar-refractivity contribution in [2.75, 3.05) is 29.6 Å². The first-order chi connectivity index (χ1) is 17.8. The van der Waals surface area contributed by atoms with Crippen LogP contribution in [0.2, 0.25) is 10.0 Å². The highest BCUT2D eigenvalue weighted by molar-refractivity contribution is 6.34. The van der Waals surface area contributed by atoms with Gasteiger partial charge in [-0.2, -0.15) is 0 Å². The second kappa shape index (κ2) is 9.76. The molecule has 2 heterocycles. The number of carbonyl (C=O) groups is 1. The molecule has 2 N–H and O–H groups in total. The Morgan fingerprint density at radius 2 is 1.68 bits per heavy atom. The van der Waals surface area contributed by atoms with E-state index in [4.69, 9.17) is 23.2 Å². The molecule has 0 aliphatic heterocycles. The monoisotopic (exact) mass is 531 g/mol. The Labute approximate surface area is 223 Å². The number of hydrogen-bond donors (Lipinski definition) is 2. The summed E-state index contributed by atoms with van der Waals surface area (Å²) in [6.45, 7) is 0. The van der Waals surface area contributed by atoms with E-state index in [9.17, 15) is 9.59 Å². The summed E-state index contributed by atoms with van der Waals surface area (Å²) < 4.78 is 1.48. The molecular weight excluding hydrogens is 509 g/mol. The van der Waals surface area contributed by atoms with Crippen molar-refractivity contribution in [1.29, 1.82) is 0 Å². The van der Waals surface area contributed by atoms with E-state index in [0.29, 0.717) is 37.8 Å². The molecular formula is C28H23Cl2N5O2. The molecule has 2 amide bonds. The molecule has 7 nitrogen and oxygen atoms in total. The zero-order valence-electron chi connectivity index (χ0n) is 20.3. The van der Waals surface area contributed by atoms with Crippen LogP contribution in [0.15, 0.2) is 77.7 Å². The van der Waals surface area contributed by atoms with Gasteiger partial charge in [-0.25, -0.2) is 4.79 Å². The van der Waals surface area contributed by atoms with Crippen molar-refractivity contribution in [2.45, 2.75) is 0 Å². The number of nitrogens with one attached hydrogen (secondary N) is 2. The molecule has 0 aliphatic rings. The Morgan fingerprint density at radius 1 is 0.919 bits per heavy atom. The van der Waals surface area contributed by atoms with Gasteiger partial charge >= 0.3 is 6.03 Å². The van der Waals surface area contributed by atoms with Gasteiger partial charge in [-0.1, -0.05) is 41.4 Å². The van der Waals surface area contributed by atoms with E-state index < -0.39 is 6.03 Å². The summed E-state index contributed by atoms with van der Waals surface area (Å²) in [5.41, 5.74) is 3.57. The van der Waals surface area contributed by atoms with Crippen LogP contribution < -0.4 is 21.1 Å². The molecule has 2 aromatic heterocycles. The molecule has 3 aromatic carbocycles. The van der Waals surface area contributed by atoms with Crippen LogP contribution in [0.3, 0.4) is 0 Å². The van der Waals surface area contributed by atoms with Gasteiger partial charge in [0.15, 0.2) is 0 Å². The molecule has 0 fully saturated rings. The molecule has 0 unspecified atom stereocenters. The van der Waals surface area contributed by atoms with E-state index in [0.717, 1.165) is 16.6 Å². The van der Waals surface area contributed by atoms with Crippen LogP contribution in [0.4, 0.5) is 21.9 Å². The summed E-state index contributed by atoms with van der Waals surface area (Å²) >= 11 is 12.9. The van der Waals surface area contributed by atoms with E-state index in [2.05, 4.69) is 15.6 Å². The molecule has 0 bridgehead atoms. The average Bonchev–Trinajstić information content (AvgIpc) is 2.88. The predicted molar refractivity (Wildman–Crippen MR) is 153 cm³/mol. The van der Waals surface area contributed by atoms with Crippen LogP contribution in [0.5, 0.6) is 0 Å². The van der Waals surface area contributed by atoms with Gasteiger partial charge < -0.3 is 20.1 Å². The largest absolute Gasteiger partial charge is 0.376 e. The number of rotatable bonds is 4. The standard InChI is InChI=1S/C28H23Cl2N5O2/c1-34(2)23-13-11-21-18(8-6-14-31-21)25(23)32-28(37)33-26-24(17-7-4-5-9-20(17)30)19-15-16(29)10-12-22(19)35(3)27(26)36/h4-15H,1-3H3,(H2,32,33,37). The highest BCUT2D eigenvalue weighted by Gasteiger charge is 2.22. The zero-order valence-corrected chi connectivity index (χ0v) is 21.9. The number of aromatic nitrogens is 2. The number of aryl methyl sites for hydroxylation is 1.